The first-order valence-corrected chi connectivity index (χ1v) is 5.84. The minimum atomic E-state index is 0.484. The molecule has 0 unspecified atom stereocenters. The van der Waals surface area contributed by atoms with Crippen LogP contribution in [0.2, 0.25) is 0 Å². The SMILES string of the molecule is Nc1nnc(-c2ccc(-c3ccn[nH]3)cc2)s1. The number of aromatic amines is 1. The highest BCUT2D eigenvalue weighted by atomic mass is 32.1. The van der Waals surface area contributed by atoms with Gasteiger partial charge in [-0.1, -0.05) is 35.6 Å². The van der Waals surface area contributed by atoms with E-state index in [1.54, 1.807) is 6.20 Å². The van der Waals surface area contributed by atoms with Crippen molar-refractivity contribution < 1.29 is 0 Å². The summed E-state index contributed by atoms with van der Waals surface area (Å²) in [7, 11) is 0. The zero-order chi connectivity index (χ0) is 11.7. The summed E-state index contributed by atoms with van der Waals surface area (Å²) in [6.45, 7) is 0. The van der Waals surface area contributed by atoms with Crippen LogP contribution < -0.4 is 5.73 Å². The van der Waals surface area contributed by atoms with Crippen molar-refractivity contribution in [3.05, 3.63) is 36.5 Å². The molecule has 17 heavy (non-hydrogen) atoms. The van der Waals surface area contributed by atoms with E-state index in [9.17, 15) is 0 Å². The van der Waals surface area contributed by atoms with E-state index in [1.165, 1.54) is 11.3 Å². The fourth-order valence-corrected chi connectivity index (χ4v) is 2.18. The summed E-state index contributed by atoms with van der Waals surface area (Å²) in [6.07, 6.45) is 1.73. The van der Waals surface area contributed by atoms with E-state index in [2.05, 4.69) is 20.4 Å². The van der Waals surface area contributed by atoms with E-state index < -0.39 is 0 Å². The Kier molecular flexibility index (Phi) is 2.34. The van der Waals surface area contributed by atoms with Crippen molar-refractivity contribution >= 4 is 16.5 Å². The third-order valence-corrected chi connectivity index (χ3v) is 3.19. The Bertz CT molecular complexity index is 612. The highest BCUT2D eigenvalue weighted by molar-refractivity contribution is 7.18. The first-order chi connectivity index (χ1) is 8.33. The van der Waals surface area contributed by atoms with E-state index in [1.807, 2.05) is 30.3 Å². The molecule has 0 fully saturated rings. The maximum absolute atomic E-state index is 5.55. The minimum absolute atomic E-state index is 0.484. The van der Waals surface area contributed by atoms with Crippen molar-refractivity contribution in [2.45, 2.75) is 0 Å². The van der Waals surface area contributed by atoms with Gasteiger partial charge in [0.1, 0.15) is 5.01 Å². The van der Waals surface area contributed by atoms with Gasteiger partial charge in [0.15, 0.2) is 0 Å². The summed E-state index contributed by atoms with van der Waals surface area (Å²) in [5, 5.41) is 16.0. The molecule has 2 heterocycles. The van der Waals surface area contributed by atoms with Gasteiger partial charge in [-0.25, -0.2) is 0 Å². The fraction of sp³-hybridized carbons (Fsp3) is 0. The van der Waals surface area contributed by atoms with Gasteiger partial charge in [-0.2, -0.15) is 5.10 Å². The fourth-order valence-electron chi connectivity index (χ4n) is 1.56. The van der Waals surface area contributed by atoms with E-state index in [-0.39, 0.29) is 0 Å². The van der Waals surface area contributed by atoms with Crippen LogP contribution in [0.1, 0.15) is 0 Å². The summed E-state index contributed by atoms with van der Waals surface area (Å²) in [5.41, 5.74) is 8.65. The molecular weight excluding hydrogens is 234 g/mol. The molecule has 0 amide bonds. The molecule has 0 bridgehead atoms. The molecule has 3 aromatic rings. The molecule has 0 aliphatic heterocycles. The summed E-state index contributed by atoms with van der Waals surface area (Å²) in [6, 6.07) is 9.95. The predicted octanol–water partition coefficient (Wildman–Crippen LogP) is 2.18. The van der Waals surface area contributed by atoms with Crippen molar-refractivity contribution in [1.29, 1.82) is 0 Å². The first kappa shape index (κ1) is 9.98. The predicted molar refractivity (Wildman–Crippen MR) is 67.3 cm³/mol. The standard InChI is InChI=1S/C11H9N5S/c12-11-16-15-10(17-11)8-3-1-7(2-4-8)9-5-6-13-14-9/h1-6H,(H2,12,16)(H,13,14). The molecule has 84 valence electrons. The average molecular weight is 243 g/mol. The maximum atomic E-state index is 5.55. The lowest BCUT2D eigenvalue weighted by atomic mass is 10.1. The lowest BCUT2D eigenvalue weighted by Crippen LogP contribution is -1.81. The normalized spacial score (nSPS) is 10.6. The molecule has 0 atom stereocenters. The van der Waals surface area contributed by atoms with Crippen molar-refractivity contribution in [1.82, 2.24) is 20.4 Å². The number of hydrogen-bond acceptors (Lipinski definition) is 5. The van der Waals surface area contributed by atoms with Crippen LogP contribution in [0.3, 0.4) is 0 Å². The summed E-state index contributed by atoms with van der Waals surface area (Å²) >= 11 is 1.38. The molecule has 3 rings (SSSR count). The number of H-pyrrole nitrogens is 1. The van der Waals surface area contributed by atoms with Gasteiger partial charge in [-0.15, -0.1) is 10.2 Å². The van der Waals surface area contributed by atoms with Crippen LogP contribution >= 0.6 is 11.3 Å². The van der Waals surface area contributed by atoms with Crippen LogP contribution in [0, 0.1) is 0 Å². The molecule has 1 aromatic carbocycles. The van der Waals surface area contributed by atoms with Crippen LogP contribution in [0.4, 0.5) is 5.13 Å². The van der Waals surface area contributed by atoms with Gasteiger partial charge in [0.05, 0.1) is 5.69 Å². The van der Waals surface area contributed by atoms with Gasteiger partial charge in [-0.3, -0.25) is 5.10 Å². The van der Waals surface area contributed by atoms with Crippen LogP contribution in [-0.2, 0) is 0 Å². The summed E-state index contributed by atoms with van der Waals surface area (Å²) in [5.74, 6) is 0. The first-order valence-electron chi connectivity index (χ1n) is 5.02. The third kappa shape index (κ3) is 1.90. The van der Waals surface area contributed by atoms with Crippen LogP contribution in [0.5, 0.6) is 0 Å². The Morgan fingerprint density at radius 1 is 1.00 bits per heavy atom. The zero-order valence-corrected chi connectivity index (χ0v) is 9.61. The van der Waals surface area contributed by atoms with Gasteiger partial charge in [-0.05, 0) is 11.6 Å². The molecule has 5 nitrogen and oxygen atoms in total. The van der Waals surface area contributed by atoms with Crippen molar-refractivity contribution in [2.24, 2.45) is 0 Å². The molecule has 3 N–H and O–H groups in total. The quantitative estimate of drug-likeness (QED) is 0.722. The Labute approximate surface area is 101 Å². The van der Waals surface area contributed by atoms with E-state index >= 15 is 0 Å². The number of nitrogens with two attached hydrogens (primary N) is 1. The molecule has 0 aliphatic rings. The number of rotatable bonds is 2. The van der Waals surface area contributed by atoms with E-state index in [0.29, 0.717) is 5.13 Å². The van der Waals surface area contributed by atoms with Gasteiger partial charge in [0, 0.05) is 11.8 Å². The number of anilines is 1. The van der Waals surface area contributed by atoms with Gasteiger partial charge in [0.25, 0.3) is 0 Å². The molecule has 2 aromatic heterocycles. The average Bonchev–Trinajstić information content (AvgIpc) is 3.00. The smallest absolute Gasteiger partial charge is 0.203 e. The largest absolute Gasteiger partial charge is 0.374 e. The molecule has 0 saturated carbocycles. The van der Waals surface area contributed by atoms with Gasteiger partial charge >= 0.3 is 0 Å². The lowest BCUT2D eigenvalue weighted by Gasteiger charge is -1.98. The monoisotopic (exact) mass is 243 g/mol. The number of aromatic nitrogens is 4. The van der Waals surface area contributed by atoms with Gasteiger partial charge < -0.3 is 5.73 Å². The Hall–Kier alpha value is -2.21. The van der Waals surface area contributed by atoms with E-state index in [0.717, 1.165) is 21.8 Å². The second-order valence-corrected chi connectivity index (χ2v) is 4.50. The van der Waals surface area contributed by atoms with Gasteiger partial charge in [0.2, 0.25) is 5.13 Å². The minimum Gasteiger partial charge on any atom is -0.374 e. The summed E-state index contributed by atoms with van der Waals surface area (Å²) < 4.78 is 0. The maximum Gasteiger partial charge on any atom is 0.203 e. The second kappa shape index (κ2) is 3.99. The number of nitrogen functional groups attached to an aromatic ring is 1. The molecule has 0 radical (unpaired) electrons. The van der Waals surface area contributed by atoms with Crippen molar-refractivity contribution in [3.8, 4) is 21.8 Å². The molecular formula is C11H9N5S. The Balaban J connectivity index is 1.95. The summed E-state index contributed by atoms with van der Waals surface area (Å²) in [4.78, 5) is 0. The van der Waals surface area contributed by atoms with E-state index in [4.69, 9.17) is 5.73 Å². The zero-order valence-electron chi connectivity index (χ0n) is 8.79. The Morgan fingerprint density at radius 2 is 1.76 bits per heavy atom. The number of nitrogens with zero attached hydrogens (tertiary/aromatic N) is 3. The van der Waals surface area contributed by atoms with Crippen LogP contribution in [0.15, 0.2) is 36.5 Å². The topological polar surface area (TPSA) is 80.5 Å². The Morgan fingerprint density at radius 3 is 2.35 bits per heavy atom. The van der Waals surface area contributed by atoms with Crippen molar-refractivity contribution in [2.75, 3.05) is 5.73 Å². The number of nitrogens with one attached hydrogen (secondary N) is 1. The molecule has 0 aliphatic carbocycles. The van der Waals surface area contributed by atoms with Crippen LogP contribution in [0.25, 0.3) is 21.8 Å². The highest BCUT2D eigenvalue weighted by Gasteiger charge is 2.05. The highest BCUT2D eigenvalue weighted by Crippen LogP contribution is 2.26. The third-order valence-electron chi connectivity index (χ3n) is 2.38. The lowest BCUT2D eigenvalue weighted by molar-refractivity contribution is 1.09. The molecule has 0 saturated heterocycles. The number of hydrogen-bond donors (Lipinski definition) is 2. The van der Waals surface area contributed by atoms with Crippen molar-refractivity contribution in [3.63, 3.8) is 0 Å². The number of benzene rings is 1. The second-order valence-electron chi connectivity index (χ2n) is 3.49. The van der Waals surface area contributed by atoms with Crippen LogP contribution in [-0.4, -0.2) is 20.4 Å². The molecule has 0 spiro atoms. The molecule has 6 heteroatoms.